The van der Waals surface area contributed by atoms with Gasteiger partial charge in [0.25, 0.3) is 0 Å². The molecule has 0 atom stereocenters. The Kier molecular flexibility index (Phi) is 27.0. The number of hydrogen-bond acceptors (Lipinski definition) is 1. The second-order valence-electron chi connectivity index (χ2n) is 3.77. The number of amides is 1. The van der Waals surface area contributed by atoms with E-state index in [2.05, 4.69) is 32.2 Å². The molecule has 113 valence electrons. The van der Waals surface area contributed by atoms with Crippen molar-refractivity contribution in [2.45, 2.75) is 26.4 Å². The van der Waals surface area contributed by atoms with Crippen molar-refractivity contribution in [2.75, 3.05) is 0 Å². The first-order chi connectivity index (χ1) is 8.61. The number of allylic oxidation sites excluding steroid dienone is 4. The monoisotopic (exact) mass is 376 g/mol. The van der Waals surface area contributed by atoms with Crippen molar-refractivity contribution >= 4 is 15.4 Å². The summed E-state index contributed by atoms with van der Waals surface area (Å²) < 4.78 is 0. The third-order valence-corrected chi connectivity index (χ3v) is 1.91. The van der Waals surface area contributed by atoms with Crippen molar-refractivity contribution in [3.05, 3.63) is 65.4 Å². The van der Waals surface area contributed by atoms with Crippen molar-refractivity contribution in [1.82, 2.24) is 0 Å². The number of rotatable bonds is 1. The van der Waals surface area contributed by atoms with E-state index < -0.39 is 5.91 Å². The largest absolute Gasteiger partial charge is 4.00 e. The van der Waals surface area contributed by atoms with Gasteiger partial charge >= 0.3 is 21.7 Å². The van der Waals surface area contributed by atoms with Gasteiger partial charge in [0.2, 0.25) is 0 Å². The Hall–Kier alpha value is -0.319. The molecule has 1 aromatic rings. The third-order valence-electron chi connectivity index (χ3n) is 1.91. The smallest absolute Gasteiger partial charge is 1.00 e. The van der Waals surface area contributed by atoms with Crippen LogP contribution >= 0.6 is 0 Å². The molecule has 1 aliphatic rings. The Balaban J connectivity index is -0.000000107. The van der Waals surface area contributed by atoms with Crippen LogP contribution in [0.5, 0.6) is 0 Å². The Morgan fingerprint density at radius 1 is 1.19 bits per heavy atom. The first-order valence-electron chi connectivity index (χ1n) is 5.90. The predicted molar refractivity (Wildman–Crippen MR) is 80.2 cm³/mol. The Morgan fingerprint density at radius 3 is 1.86 bits per heavy atom. The van der Waals surface area contributed by atoms with E-state index in [0.29, 0.717) is 5.56 Å². The number of halogens is 2. The molecule has 0 spiro atoms. The molecule has 0 bridgehead atoms. The van der Waals surface area contributed by atoms with Gasteiger partial charge in [-0.2, -0.15) is 6.08 Å². The topological polar surface area (TPSA) is 40.9 Å². The van der Waals surface area contributed by atoms with Crippen LogP contribution in [-0.2, 0) is 21.7 Å². The molecule has 0 fully saturated rings. The number of nitrogens with one attached hydrogen (secondary N) is 1. The summed E-state index contributed by atoms with van der Waals surface area (Å²) in [7, 11) is 0.750. The summed E-state index contributed by atoms with van der Waals surface area (Å²) in [5.41, 5.74) is 8.46. The van der Waals surface area contributed by atoms with Crippen LogP contribution < -0.4 is 24.8 Å². The fraction of sp³-hybridized carbons (Fsp3) is 0.267. The second-order valence-corrected chi connectivity index (χ2v) is 4.93. The van der Waals surface area contributed by atoms with Crippen LogP contribution in [0.15, 0.2) is 48.1 Å². The summed E-state index contributed by atoms with van der Waals surface area (Å²) in [4.78, 5) is 10.3. The van der Waals surface area contributed by atoms with Gasteiger partial charge in [-0.3, -0.25) is 6.08 Å². The zero-order valence-electron chi connectivity index (χ0n) is 12.5. The van der Waals surface area contributed by atoms with Gasteiger partial charge in [0.15, 0.2) is 0 Å². The zero-order valence-corrected chi connectivity index (χ0v) is 16.7. The maximum atomic E-state index is 10.3. The van der Waals surface area contributed by atoms with E-state index in [1.807, 2.05) is 12.1 Å². The van der Waals surface area contributed by atoms with E-state index in [9.17, 15) is 4.79 Å². The van der Waals surface area contributed by atoms with Gasteiger partial charge < -0.3 is 35.3 Å². The fourth-order valence-electron chi connectivity index (χ4n) is 1.09. The first kappa shape index (κ1) is 28.8. The van der Waals surface area contributed by atoms with E-state index in [0.717, 1.165) is 15.9 Å². The third kappa shape index (κ3) is 17.6. The van der Waals surface area contributed by atoms with Crippen molar-refractivity contribution in [3.63, 3.8) is 0 Å². The van der Waals surface area contributed by atoms with Gasteiger partial charge in [0.1, 0.15) is 0 Å². The van der Waals surface area contributed by atoms with E-state index in [4.69, 9.17) is 5.73 Å². The molecule has 0 aliphatic heterocycles. The molecule has 1 aliphatic carbocycles. The minimum atomic E-state index is -0.629. The molecule has 0 unspecified atom stereocenters. The molecule has 2 rings (SSSR count). The van der Waals surface area contributed by atoms with Crippen LogP contribution in [0.3, 0.4) is 0 Å². The maximum Gasteiger partial charge on any atom is 4.00 e. The van der Waals surface area contributed by atoms with Crippen LogP contribution in [0.25, 0.3) is 5.73 Å². The SMILES string of the molecule is CC1=CC[C-]=C1.C[SiH]C.[Cl-].[Cl-].[NH-]C(=O)c1ccccc1.[Ti+4]. The van der Waals surface area contributed by atoms with Crippen LogP contribution in [0.4, 0.5) is 0 Å². The predicted octanol–water partition coefficient (Wildman–Crippen LogP) is -1.90. The average Bonchev–Trinajstić information content (AvgIpc) is 2.83. The van der Waals surface area contributed by atoms with E-state index in [1.165, 1.54) is 5.57 Å². The summed E-state index contributed by atoms with van der Waals surface area (Å²) in [6.07, 6.45) is 8.24. The molecule has 6 heteroatoms. The van der Waals surface area contributed by atoms with Gasteiger partial charge in [-0.05, 0) is 5.56 Å². The number of hydrogen-bond donors (Lipinski definition) is 0. The van der Waals surface area contributed by atoms with E-state index >= 15 is 0 Å². The zero-order chi connectivity index (χ0) is 13.8. The van der Waals surface area contributed by atoms with Crippen LogP contribution in [0, 0.1) is 6.08 Å². The van der Waals surface area contributed by atoms with E-state index in [1.54, 1.807) is 24.3 Å². The van der Waals surface area contributed by atoms with Gasteiger partial charge in [-0.1, -0.05) is 43.4 Å². The minimum absolute atomic E-state index is 0. The molecule has 0 heterocycles. The molecule has 0 aromatic heterocycles. The molecule has 21 heavy (non-hydrogen) atoms. The van der Waals surface area contributed by atoms with E-state index in [-0.39, 0.29) is 46.5 Å². The van der Waals surface area contributed by atoms with Crippen LogP contribution in [0.2, 0.25) is 13.1 Å². The molecule has 1 amide bonds. The van der Waals surface area contributed by atoms with Crippen molar-refractivity contribution in [2.24, 2.45) is 0 Å². The Labute approximate surface area is 158 Å². The molecule has 0 saturated heterocycles. The molecule has 2 nitrogen and oxygen atoms in total. The Morgan fingerprint density at radius 2 is 1.67 bits per heavy atom. The van der Waals surface area contributed by atoms with Crippen molar-refractivity contribution < 1.29 is 51.3 Å². The van der Waals surface area contributed by atoms with Crippen molar-refractivity contribution in [3.8, 4) is 0 Å². The van der Waals surface area contributed by atoms with Gasteiger partial charge in [0, 0.05) is 9.52 Å². The minimum Gasteiger partial charge on any atom is -1.00 e. The summed E-state index contributed by atoms with van der Waals surface area (Å²) in [6, 6.07) is 8.53. The summed E-state index contributed by atoms with van der Waals surface area (Å²) in [5.74, 6) is -0.629. The van der Waals surface area contributed by atoms with Gasteiger partial charge in [-0.25, -0.2) is 11.6 Å². The number of carbonyl (C=O) groups is 1. The fourth-order valence-corrected chi connectivity index (χ4v) is 1.09. The van der Waals surface area contributed by atoms with Crippen LogP contribution in [0.1, 0.15) is 23.7 Å². The number of benzene rings is 1. The quantitative estimate of drug-likeness (QED) is 0.417. The normalized spacial score (nSPS) is 9.95. The summed E-state index contributed by atoms with van der Waals surface area (Å²) >= 11 is 0. The van der Waals surface area contributed by atoms with Crippen LogP contribution in [-0.4, -0.2) is 15.4 Å². The summed E-state index contributed by atoms with van der Waals surface area (Å²) in [6.45, 7) is 6.50. The molecular formula is C15H20Cl2NOSiTi. The standard InChI is InChI=1S/C7H7NO.C6H7.C2H7Si.2ClH.Ti/c8-7(9)6-4-2-1-3-5-6;1-6-4-2-3-5-6;1-3-2;;;/h1-5H,(H2,8,9);4-5H,2H2,1H3;3H,1-2H3;2*1H;/q;-1;;;;+4/p-3. The molecule has 1 radical (unpaired) electrons. The summed E-state index contributed by atoms with van der Waals surface area (Å²) in [5, 5.41) is 0. The molecular weight excluding hydrogens is 357 g/mol. The second kappa shape index (κ2) is 19.7. The Bertz CT molecular complexity index is 409. The molecule has 1 N–H and O–H groups in total. The molecule has 1 aromatic carbocycles. The molecule has 0 saturated carbocycles. The van der Waals surface area contributed by atoms with Gasteiger partial charge in [0.05, 0.1) is 5.91 Å². The number of carbonyl (C=O) groups excluding carboxylic acids is 1. The first-order valence-corrected chi connectivity index (χ1v) is 8.21. The maximum absolute atomic E-state index is 10.3. The van der Waals surface area contributed by atoms with Gasteiger partial charge in [-0.15, -0.1) is 13.3 Å². The average molecular weight is 377 g/mol. The van der Waals surface area contributed by atoms with Crippen molar-refractivity contribution in [1.29, 1.82) is 0 Å².